The van der Waals surface area contributed by atoms with E-state index < -0.39 is 5.97 Å². The summed E-state index contributed by atoms with van der Waals surface area (Å²) in [6.07, 6.45) is 2.16. The Morgan fingerprint density at radius 3 is 2.80 bits per heavy atom. The van der Waals surface area contributed by atoms with Gasteiger partial charge in [0.25, 0.3) is 5.91 Å². The summed E-state index contributed by atoms with van der Waals surface area (Å²) in [6, 6.07) is 0.348. The lowest BCUT2D eigenvalue weighted by molar-refractivity contribution is 0.0673. The van der Waals surface area contributed by atoms with Gasteiger partial charge in [0, 0.05) is 19.1 Å². The van der Waals surface area contributed by atoms with Crippen molar-refractivity contribution >= 4 is 11.9 Å². The van der Waals surface area contributed by atoms with Gasteiger partial charge in [-0.15, -0.1) is 0 Å². The van der Waals surface area contributed by atoms with Crippen LogP contribution in [-0.2, 0) is 0 Å². The number of amides is 1. The molecule has 2 N–H and O–H groups in total. The van der Waals surface area contributed by atoms with Crippen LogP contribution in [0.15, 0.2) is 6.33 Å². The molecule has 110 valence electrons. The van der Waals surface area contributed by atoms with Crippen LogP contribution < -0.4 is 0 Å². The molecule has 2 heterocycles. The maximum absolute atomic E-state index is 12.3. The third kappa shape index (κ3) is 2.67. The number of imidazole rings is 1. The summed E-state index contributed by atoms with van der Waals surface area (Å²) in [5, 5.41) is 9.01. The summed E-state index contributed by atoms with van der Waals surface area (Å²) in [5.41, 5.74) is -0.140. The molecule has 2 rings (SSSR count). The van der Waals surface area contributed by atoms with E-state index in [0.29, 0.717) is 19.1 Å². The number of nitrogens with zero attached hydrogens (tertiary/aromatic N) is 3. The first-order chi connectivity index (χ1) is 9.58. The zero-order valence-electron chi connectivity index (χ0n) is 11.8. The smallest absolute Gasteiger partial charge is 0.354 e. The van der Waals surface area contributed by atoms with Crippen molar-refractivity contribution in [2.24, 2.45) is 0 Å². The minimum Gasteiger partial charge on any atom is -0.477 e. The molecule has 7 nitrogen and oxygen atoms in total. The number of aromatic carboxylic acids is 1. The SMILES string of the molecule is CCN(CC)C1CCN(C(=O)c2nc[nH]c2C(=O)O)C1. The number of hydrogen-bond donors (Lipinski definition) is 2. The van der Waals surface area contributed by atoms with Gasteiger partial charge in [-0.25, -0.2) is 9.78 Å². The Hall–Kier alpha value is -1.89. The molecule has 1 fully saturated rings. The fourth-order valence-electron chi connectivity index (χ4n) is 2.73. The Kier molecular flexibility index (Phi) is 4.39. The molecule has 1 saturated heterocycles. The maximum atomic E-state index is 12.3. The van der Waals surface area contributed by atoms with Crippen LogP contribution in [0.1, 0.15) is 41.2 Å². The Balaban J connectivity index is 2.08. The van der Waals surface area contributed by atoms with E-state index in [0.717, 1.165) is 19.5 Å². The van der Waals surface area contributed by atoms with Gasteiger partial charge in [0.05, 0.1) is 6.33 Å². The van der Waals surface area contributed by atoms with Crippen molar-refractivity contribution in [1.82, 2.24) is 19.8 Å². The second-order valence-corrected chi connectivity index (χ2v) is 4.85. The van der Waals surface area contributed by atoms with Gasteiger partial charge in [-0.3, -0.25) is 9.69 Å². The predicted octanol–water partition coefficient (Wildman–Crippen LogP) is 0.664. The van der Waals surface area contributed by atoms with Crippen LogP contribution in [0.4, 0.5) is 0 Å². The van der Waals surface area contributed by atoms with Crippen LogP contribution in [0.2, 0.25) is 0 Å². The van der Waals surface area contributed by atoms with E-state index in [9.17, 15) is 9.59 Å². The Morgan fingerprint density at radius 1 is 1.50 bits per heavy atom. The van der Waals surface area contributed by atoms with Crippen molar-refractivity contribution in [2.45, 2.75) is 26.3 Å². The van der Waals surface area contributed by atoms with Crippen molar-refractivity contribution in [1.29, 1.82) is 0 Å². The van der Waals surface area contributed by atoms with Crippen LogP contribution in [0.5, 0.6) is 0 Å². The summed E-state index contributed by atoms with van der Waals surface area (Å²) < 4.78 is 0. The number of likely N-dealkylation sites (N-methyl/N-ethyl adjacent to an activating group) is 1. The number of likely N-dealkylation sites (tertiary alicyclic amines) is 1. The lowest BCUT2D eigenvalue weighted by atomic mass is 10.2. The monoisotopic (exact) mass is 280 g/mol. The van der Waals surface area contributed by atoms with Crippen molar-refractivity contribution in [3.63, 3.8) is 0 Å². The maximum Gasteiger partial charge on any atom is 0.354 e. The summed E-state index contributed by atoms with van der Waals surface area (Å²) in [5.74, 6) is -1.47. The van der Waals surface area contributed by atoms with Gasteiger partial charge < -0.3 is 15.0 Å². The summed E-state index contributed by atoms with van der Waals surface area (Å²) in [6.45, 7) is 7.38. The molecule has 1 atom stereocenters. The van der Waals surface area contributed by atoms with E-state index in [4.69, 9.17) is 5.11 Å². The number of carbonyl (C=O) groups is 2. The summed E-state index contributed by atoms with van der Waals surface area (Å²) in [7, 11) is 0. The average Bonchev–Trinajstić information content (AvgIpc) is 3.08. The molecular weight excluding hydrogens is 260 g/mol. The van der Waals surface area contributed by atoms with Gasteiger partial charge in [0.15, 0.2) is 11.4 Å². The molecule has 0 bridgehead atoms. The number of carboxylic acids is 1. The quantitative estimate of drug-likeness (QED) is 0.827. The number of carboxylic acid groups (broad SMARTS) is 1. The third-order valence-electron chi connectivity index (χ3n) is 3.84. The average molecular weight is 280 g/mol. The highest BCUT2D eigenvalue weighted by atomic mass is 16.4. The first-order valence-electron chi connectivity index (χ1n) is 6.88. The molecular formula is C13H20N4O3. The molecule has 1 aromatic rings. The minimum atomic E-state index is -1.16. The molecule has 1 aliphatic rings. The normalized spacial score (nSPS) is 18.8. The molecule has 0 aliphatic carbocycles. The fourth-order valence-corrected chi connectivity index (χ4v) is 2.73. The fraction of sp³-hybridized carbons (Fsp3) is 0.615. The second-order valence-electron chi connectivity index (χ2n) is 4.85. The Bertz CT molecular complexity index is 496. The van der Waals surface area contributed by atoms with Crippen LogP contribution in [-0.4, -0.2) is 69.0 Å². The Morgan fingerprint density at radius 2 is 2.20 bits per heavy atom. The number of hydrogen-bond acceptors (Lipinski definition) is 4. The number of carbonyl (C=O) groups excluding carboxylic acids is 1. The highest BCUT2D eigenvalue weighted by Gasteiger charge is 2.32. The number of H-pyrrole nitrogens is 1. The number of aromatic amines is 1. The zero-order chi connectivity index (χ0) is 14.7. The second kappa shape index (κ2) is 6.04. The first-order valence-corrected chi connectivity index (χ1v) is 6.88. The van der Waals surface area contributed by atoms with Crippen LogP contribution in [0, 0.1) is 0 Å². The summed E-state index contributed by atoms with van der Waals surface area (Å²) >= 11 is 0. The molecule has 7 heteroatoms. The van der Waals surface area contributed by atoms with E-state index in [1.54, 1.807) is 4.90 Å². The molecule has 0 aromatic carbocycles. The van der Waals surface area contributed by atoms with Gasteiger partial charge >= 0.3 is 5.97 Å². The lowest BCUT2D eigenvalue weighted by Crippen LogP contribution is -2.39. The Labute approximate surface area is 117 Å². The van der Waals surface area contributed by atoms with Gasteiger partial charge in [-0.1, -0.05) is 13.8 Å². The van der Waals surface area contributed by atoms with Crippen LogP contribution in [0.3, 0.4) is 0 Å². The molecule has 1 amide bonds. The van der Waals surface area contributed by atoms with Gasteiger partial charge in [-0.2, -0.15) is 0 Å². The molecule has 1 aliphatic heterocycles. The number of rotatable bonds is 5. The van der Waals surface area contributed by atoms with E-state index in [-0.39, 0.29) is 17.3 Å². The number of aromatic nitrogens is 2. The molecule has 1 unspecified atom stereocenters. The highest BCUT2D eigenvalue weighted by Crippen LogP contribution is 2.18. The van der Waals surface area contributed by atoms with Crippen molar-refractivity contribution in [2.75, 3.05) is 26.2 Å². The predicted molar refractivity (Wildman–Crippen MR) is 72.8 cm³/mol. The molecule has 0 saturated carbocycles. The van der Waals surface area contributed by atoms with E-state index in [2.05, 4.69) is 28.7 Å². The van der Waals surface area contributed by atoms with Crippen molar-refractivity contribution in [3.05, 3.63) is 17.7 Å². The largest absolute Gasteiger partial charge is 0.477 e. The van der Waals surface area contributed by atoms with E-state index in [1.807, 2.05) is 0 Å². The van der Waals surface area contributed by atoms with Gasteiger partial charge in [0.1, 0.15) is 0 Å². The summed E-state index contributed by atoms with van der Waals surface area (Å²) in [4.78, 5) is 33.7. The third-order valence-corrected chi connectivity index (χ3v) is 3.84. The molecule has 20 heavy (non-hydrogen) atoms. The van der Waals surface area contributed by atoms with Gasteiger partial charge in [-0.05, 0) is 19.5 Å². The first kappa shape index (κ1) is 14.5. The van der Waals surface area contributed by atoms with Crippen molar-refractivity contribution < 1.29 is 14.7 Å². The molecule has 0 spiro atoms. The topological polar surface area (TPSA) is 89.5 Å². The molecule has 0 radical (unpaired) electrons. The van der Waals surface area contributed by atoms with Gasteiger partial charge in [0.2, 0.25) is 0 Å². The highest BCUT2D eigenvalue weighted by molar-refractivity contribution is 6.02. The van der Waals surface area contributed by atoms with E-state index in [1.165, 1.54) is 6.33 Å². The standard InChI is InChI=1S/C13H20N4O3/c1-3-16(4-2)9-5-6-17(7-9)12(18)10-11(13(19)20)15-8-14-10/h8-9H,3-7H2,1-2H3,(H,14,15)(H,19,20). The van der Waals surface area contributed by atoms with Crippen LogP contribution in [0.25, 0.3) is 0 Å². The lowest BCUT2D eigenvalue weighted by Gasteiger charge is -2.25. The number of nitrogens with one attached hydrogen (secondary N) is 1. The van der Waals surface area contributed by atoms with Crippen molar-refractivity contribution in [3.8, 4) is 0 Å². The zero-order valence-corrected chi connectivity index (χ0v) is 11.8. The van der Waals surface area contributed by atoms with E-state index >= 15 is 0 Å². The molecule has 1 aromatic heterocycles. The van der Waals surface area contributed by atoms with Crippen LogP contribution >= 0.6 is 0 Å². The minimum absolute atomic E-state index is 0.00213.